The molecule has 2 aliphatic heterocycles. The number of hydrogen-bond donors (Lipinski definition) is 2. The third-order valence-electron chi connectivity index (χ3n) is 6.17. The van der Waals surface area contributed by atoms with Crippen molar-refractivity contribution in [1.82, 2.24) is 24.9 Å². The van der Waals surface area contributed by atoms with Crippen molar-refractivity contribution in [2.75, 3.05) is 59.5 Å². The lowest BCUT2D eigenvalue weighted by Gasteiger charge is -2.39. The molecule has 7 nitrogen and oxygen atoms in total. The van der Waals surface area contributed by atoms with Gasteiger partial charge in [-0.1, -0.05) is 18.2 Å². The van der Waals surface area contributed by atoms with E-state index >= 15 is 0 Å². The summed E-state index contributed by atoms with van der Waals surface area (Å²) in [6.45, 7) is 6.91. The van der Waals surface area contributed by atoms with E-state index in [4.69, 9.17) is 0 Å². The molecule has 28 heavy (non-hydrogen) atoms. The predicted molar refractivity (Wildman–Crippen MR) is 109 cm³/mol. The Hall–Kier alpha value is -1.96. The molecule has 1 amide bonds. The molecule has 0 saturated carbocycles. The monoisotopic (exact) mass is 385 g/mol. The molecule has 0 unspecified atom stereocenters. The van der Waals surface area contributed by atoms with Crippen LogP contribution >= 0.6 is 0 Å². The highest BCUT2D eigenvalue weighted by atomic mass is 16.3. The summed E-state index contributed by atoms with van der Waals surface area (Å²) in [5.41, 5.74) is 1.37. The topological polar surface area (TPSA) is 75.7 Å². The molecule has 1 aromatic carbocycles. The summed E-state index contributed by atoms with van der Waals surface area (Å²) in [5.74, 6) is 0.502. The van der Waals surface area contributed by atoms with Crippen molar-refractivity contribution in [3.63, 3.8) is 0 Å². The molecule has 1 aromatic heterocycles. The highest BCUT2D eigenvalue weighted by molar-refractivity contribution is 6.04. The van der Waals surface area contributed by atoms with Gasteiger partial charge in [0.1, 0.15) is 0 Å². The molecule has 2 aromatic rings. The number of benzene rings is 1. The lowest BCUT2D eigenvalue weighted by atomic mass is 9.89. The molecule has 4 rings (SSSR count). The number of carbonyl (C=O) groups is 1. The summed E-state index contributed by atoms with van der Waals surface area (Å²) in [7, 11) is 2.18. The Labute approximate surface area is 166 Å². The van der Waals surface area contributed by atoms with Crippen LogP contribution in [0.5, 0.6) is 0 Å². The maximum atomic E-state index is 13.2. The van der Waals surface area contributed by atoms with Crippen LogP contribution < -0.4 is 0 Å². The van der Waals surface area contributed by atoms with E-state index in [1.54, 1.807) is 0 Å². The molecular weight excluding hydrogens is 354 g/mol. The number of fused-ring (bicyclic) bond motifs is 1. The number of aliphatic hydroxyl groups is 1. The van der Waals surface area contributed by atoms with Crippen LogP contribution in [0.25, 0.3) is 10.9 Å². The third kappa shape index (κ3) is 4.21. The van der Waals surface area contributed by atoms with E-state index in [0.717, 1.165) is 56.6 Å². The molecule has 0 bridgehead atoms. The van der Waals surface area contributed by atoms with E-state index in [1.165, 1.54) is 6.42 Å². The number of likely N-dealkylation sites (N-methyl/N-ethyl adjacent to an activating group) is 1. The zero-order valence-corrected chi connectivity index (χ0v) is 16.7. The SMILES string of the molecule is CN1CCCN(C[C@@H]2C[C@@H](CO)CN(C(=O)c3n[nH]c4ccccc34)C2)CC1. The zero-order chi connectivity index (χ0) is 19.5. The van der Waals surface area contributed by atoms with E-state index in [0.29, 0.717) is 18.2 Å². The van der Waals surface area contributed by atoms with Crippen LogP contribution in [0.15, 0.2) is 24.3 Å². The van der Waals surface area contributed by atoms with E-state index in [2.05, 4.69) is 27.0 Å². The summed E-state index contributed by atoms with van der Waals surface area (Å²) in [4.78, 5) is 20.0. The maximum Gasteiger partial charge on any atom is 0.275 e. The van der Waals surface area contributed by atoms with Crippen LogP contribution in [-0.4, -0.2) is 95.4 Å². The van der Waals surface area contributed by atoms with Gasteiger partial charge in [0, 0.05) is 44.7 Å². The van der Waals surface area contributed by atoms with Gasteiger partial charge < -0.3 is 19.8 Å². The first-order valence-corrected chi connectivity index (χ1v) is 10.4. The van der Waals surface area contributed by atoms with Crippen LogP contribution in [0, 0.1) is 11.8 Å². The smallest absolute Gasteiger partial charge is 0.275 e. The average molecular weight is 386 g/mol. The van der Waals surface area contributed by atoms with Gasteiger partial charge in [-0.05, 0) is 50.9 Å². The van der Waals surface area contributed by atoms with Crippen molar-refractivity contribution in [2.45, 2.75) is 12.8 Å². The summed E-state index contributed by atoms with van der Waals surface area (Å²) < 4.78 is 0. The van der Waals surface area contributed by atoms with Gasteiger partial charge in [-0.25, -0.2) is 0 Å². The number of para-hydroxylation sites is 1. The van der Waals surface area contributed by atoms with Crippen LogP contribution in [0.4, 0.5) is 0 Å². The normalized spacial score (nSPS) is 25.1. The Morgan fingerprint density at radius 2 is 2.00 bits per heavy atom. The standard InChI is InChI=1S/C21H31N5O2/c1-24-7-4-8-25(10-9-24)12-16-11-17(15-27)14-26(13-16)21(28)20-18-5-2-3-6-19(18)22-23-20/h2-3,5-6,16-17,27H,4,7-15H2,1H3,(H,22,23)/t16-,17+/m0/s1. The number of likely N-dealkylation sites (tertiary alicyclic amines) is 1. The Bertz CT molecular complexity index is 807. The average Bonchev–Trinajstić information content (AvgIpc) is 3.04. The number of hydrogen-bond acceptors (Lipinski definition) is 5. The molecule has 2 fully saturated rings. The molecule has 0 aliphatic carbocycles. The lowest BCUT2D eigenvalue weighted by molar-refractivity contribution is 0.0450. The third-order valence-corrected chi connectivity index (χ3v) is 6.17. The van der Waals surface area contributed by atoms with Gasteiger partial charge in [0.15, 0.2) is 5.69 Å². The molecule has 152 valence electrons. The number of aromatic amines is 1. The van der Waals surface area contributed by atoms with Gasteiger partial charge in [0.05, 0.1) is 5.52 Å². The first-order valence-electron chi connectivity index (χ1n) is 10.4. The number of aliphatic hydroxyl groups excluding tert-OH is 1. The first kappa shape index (κ1) is 19.4. The van der Waals surface area contributed by atoms with E-state index < -0.39 is 0 Å². The minimum atomic E-state index is -0.0313. The van der Waals surface area contributed by atoms with Crippen molar-refractivity contribution < 1.29 is 9.90 Å². The van der Waals surface area contributed by atoms with Gasteiger partial charge in [-0.3, -0.25) is 9.89 Å². The number of nitrogens with one attached hydrogen (secondary N) is 1. The number of H-pyrrole nitrogens is 1. The van der Waals surface area contributed by atoms with Crippen LogP contribution in [0.2, 0.25) is 0 Å². The number of nitrogens with zero attached hydrogens (tertiary/aromatic N) is 4. The van der Waals surface area contributed by atoms with E-state index in [9.17, 15) is 9.90 Å². The fourth-order valence-corrected chi connectivity index (χ4v) is 4.67. The van der Waals surface area contributed by atoms with Crippen molar-refractivity contribution in [3.05, 3.63) is 30.0 Å². The molecule has 2 saturated heterocycles. The van der Waals surface area contributed by atoms with E-state index in [-0.39, 0.29) is 18.4 Å². The molecule has 2 N–H and O–H groups in total. The molecule has 2 atom stereocenters. The summed E-state index contributed by atoms with van der Waals surface area (Å²) in [5, 5.41) is 17.9. The zero-order valence-electron chi connectivity index (χ0n) is 16.7. The van der Waals surface area contributed by atoms with Crippen LogP contribution in [0.1, 0.15) is 23.3 Å². The van der Waals surface area contributed by atoms with Crippen molar-refractivity contribution >= 4 is 16.8 Å². The first-order chi connectivity index (χ1) is 13.6. The quantitative estimate of drug-likeness (QED) is 0.829. The summed E-state index contributed by atoms with van der Waals surface area (Å²) in [6.07, 6.45) is 2.17. The van der Waals surface area contributed by atoms with Gasteiger partial charge >= 0.3 is 0 Å². The number of rotatable bonds is 4. The second-order valence-corrected chi connectivity index (χ2v) is 8.44. The van der Waals surface area contributed by atoms with Gasteiger partial charge in [0.2, 0.25) is 0 Å². The van der Waals surface area contributed by atoms with Gasteiger partial charge in [-0.15, -0.1) is 0 Å². The Kier molecular flexibility index (Phi) is 5.94. The van der Waals surface area contributed by atoms with Crippen molar-refractivity contribution in [3.8, 4) is 0 Å². The molecule has 0 spiro atoms. The second-order valence-electron chi connectivity index (χ2n) is 8.44. The number of amides is 1. The molecule has 7 heteroatoms. The summed E-state index contributed by atoms with van der Waals surface area (Å²) >= 11 is 0. The highest BCUT2D eigenvalue weighted by Gasteiger charge is 2.32. The second kappa shape index (κ2) is 8.59. The number of aromatic nitrogens is 2. The minimum Gasteiger partial charge on any atom is -0.396 e. The van der Waals surface area contributed by atoms with E-state index in [1.807, 2.05) is 29.2 Å². The minimum absolute atomic E-state index is 0.0313. The maximum absolute atomic E-state index is 13.2. The summed E-state index contributed by atoms with van der Waals surface area (Å²) in [6, 6.07) is 7.74. The highest BCUT2D eigenvalue weighted by Crippen LogP contribution is 2.26. The van der Waals surface area contributed by atoms with Crippen LogP contribution in [-0.2, 0) is 0 Å². The number of piperidine rings is 1. The van der Waals surface area contributed by atoms with Crippen LogP contribution in [0.3, 0.4) is 0 Å². The Balaban J connectivity index is 1.47. The van der Waals surface area contributed by atoms with Gasteiger partial charge in [0.25, 0.3) is 5.91 Å². The predicted octanol–water partition coefficient (Wildman–Crippen LogP) is 1.27. The molecule has 2 aliphatic rings. The molecule has 3 heterocycles. The molecular formula is C21H31N5O2. The largest absolute Gasteiger partial charge is 0.396 e. The lowest BCUT2D eigenvalue weighted by Crippen LogP contribution is -2.48. The Morgan fingerprint density at radius 1 is 1.18 bits per heavy atom. The fourth-order valence-electron chi connectivity index (χ4n) is 4.67. The number of carbonyl (C=O) groups excluding carboxylic acids is 1. The Morgan fingerprint density at radius 3 is 2.86 bits per heavy atom. The molecule has 0 radical (unpaired) electrons. The van der Waals surface area contributed by atoms with Gasteiger partial charge in [-0.2, -0.15) is 5.10 Å². The van der Waals surface area contributed by atoms with Crippen molar-refractivity contribution in [1.29, 1.82) is 0 Å². The van der Waals surface area contributed by atoms with Crippen molar-refractivity contribution in [2.24, 2.45) is 11.8 Å². The fraction of sp³-hybridized carbons (Fsp3) is 0.619.